The number of Topliss-reactive ketones (excluding diaryl/α,β-unsaturated/α-hetero) is 1. The molecule has 2 aromatic rings. The van der Waals surface area contributed by atoms with Crippen molar-refractivity contribution in [2.45, 2.75) is 51.5 Å². The molecule has 1 aromatic carbocycles. The normalized spacial score (nSPS) is 17.4. The molecule has 0 radical (unpaired) electrons. The quantitative estimate of drug-likeness (QED) is 0.764. The van der Waals surface area contributed by atoms with Gasteiger partial charge in [-0.2, -0.15) is 0 Å². The van der Waals surface area contributed by atoms with Gasteiger partial charge in [-0.05, 0) is 36.6 Å². The van der Waals surface area contributed by atoms with Gasteiger partial charge in [-0.25, -0.2) is 4.39 Å². The highest BCUT2D eigenvalue weighted by atomic mass is 19.1. The number of hydrogen-bond acceptors (Lipinski definition) is 4. The third-order valence-electron chi connectivity index (χ3n) is 5.40. The zero-order valence-corrected chi connectivity index (χ0v) is 16.8. The number of halogens is 1. The maximum Gasteiger partial charge on any atom is 0.289 e. The van der Waals surface area contributed by atoms with Crippen molar-refractivity contribution >= 4 is 11.7 Å². The Hall–Kier alpha value is -2.89. The summed E-state index contributed by atoms with van der Waals surface area (Å²) in [6.07, 6.45) is 2.17. The Morgan fingerprint density at radius 1 is 1.24 bits per heavy atom. The van der Waals surface area contributed by atoms with E-state index in [0.29, 0.717) is 17.7 Å². The van der Waals surface area contributed by atoms with Crippen LogP contribution in [0.15, 0.2) is 46.1 Å². The Bertz CT molecular complexity index is 1010. The number of rotatable bonds is 5. The lowest BCUT2D eigenvalue weighted by molar-refractivity contribution is -0.128. The van der Waals surface area contributed by atoms with Crippen LogP contribution in [0.2, 0.25) is 0 Å². The molecule has 1 aromatic heterocycles. The smallest absolute Gasteiger partial charge is 0.289 e. The summed E-state index contributed by atoms with van der Waals surface area (Å²) in [4.78, 5) is 27.1. The van der Waals surface area contributed by atoms with E-state index in [1.54, 1.807) is 17.0 Å². The Morgan fingerprint density at radius 2 is 1.90 bits per heavy atom. The van der Waals surface area contributed by atoms with Gasteiger partial charge in [0.25, 0.3) is 5.91 Å². The second kappa shape index (κ2) is 6.87. The highest BCUT2D eigenvalue weighted by Crippen LogP contribution is 2.35. The van der Waals surface area contributed by atoms with Crippen LogP contribution in [-0.4, -0.2) is 34.3 Å². The molecule has 1 aliphatic heterocycles. The topological polar surface area (TPSA) is 70.8 Å². The van der Waals surface area contributed by atoms with Gasteiger partial charge in [0, 0.05) is 23.4 Å². The third-order valence-corrected chi connectivity index (χ3v) is 5.40. The molecule has 1 N–H and O–H groups in total. The number of aliphatic hydroxyl groups is 1. The van der Waals surface area contributed by atoms with Gasteiger partial charge in [0.15, 0.2) is 11.5 Å². The molecule has 5 nitrogen and oxygen atoms in total. The molecule has 29 heavy (non-hydrogen) atoms. The Labute approximate surface area is 168 Å². The third kappa shape index (κ3) is 3.71. The first-order chi connectivity index (χ1) is 13.6. The largest absolute Gasteiger partial charge is 0.503 e. The van der Waals surface area contributed by atoms with Crippen molar-refractivity contribution in [1.29, 1.82) is 0 Å². The number of ketones is 1. The molecule has 0 spiro atoms. The summed E-state index contributed by atoms with van der Waals surface area (Å²) >= 11 is 0. The average molecular weight is 397 g/mol. The first-order valence-electron chi connectivity index (χ1n) is 9.80. The minimum Gasteiger partial charge on any atom is -0.503 e. The van der Waals surface area contributed by atoms with Gasteiger partial charge >= 0.3 is 0 Å². The lowest BCUT2D eigenvalue weighted by atomic mass is 9.92. The summed E-state index contributed by atoms with van der Waals surface area (Å²) in [5.41, 5.74) is 1.25. The number of hydrogen-bond donors (Lipinski definition) is 1. The standard InChI is InChI=1S/C23H24FNO4/c1-23(2,3)18-11-14(10-13-4-6-15(24)7-5-13)21(29-18)19(26)17-12-25(16-8-9-16)22(28)20(17)27/h4-7,11,16,27H,8-10,12H2,1-3H3. The van der Waals surface area contributed by atoms with Crippen molar-refractivity contribution < 1.29 is 23.5 Å². The van der Waals surface area contributed by atoms with Crippen molar-refractivity contribution in [2.24, 2.45) is 0 Å². The van der Waals surface area contributed by atoms with Crippen LogP contribution < -0.4 is 0 Å². The monoisotopic (exact) mass is 397 g/mol. The van der Waals surface area contributed by atoms with E-state index in [2.05, 4.69) is 0 Å². The summed E-state index contributed by atoms with van der Waals surface area (Å²) < 4.78 is 19.2. The highest BCUT2D eigenvalue weighted by molar-refractivity contribution is 6.14. The highest BCUT2D eigenvalue weighted by Gasteiger charge is 2.43. The fourth-order valence-electron chi connectivity index (χ4n) is 3.52. The molecule has 6 heteroatoms. The number of furan rings is 1. The number of benzene rings is 1. The lowest BCUT2D eigenvalue weighted by Crippen LogP contribution is -2.29. The molecule has 0 saturated heterocycles. The van der Waals surface area contributed by atoms with Gasteiger partial charge in [0.2, 0.25) is 5.78 Å². The molecule has 1 aliphatic carbocycles. The number of aliphatic hydroxyl groups excluding tert-OH is 1. The summed E-state index contributed by atoms with van der Waals surface area (Å²) in [5, 5.41) is 10.3. The minimum absolute atomic E-state index is 0.0806. The minimum atomic E-state index is -0.487. The predicted octanol–water partition coefficient (Wildman–Crippen LogP) is 4.31. The fraction of sp³-hybridized carbons (Fsp3) is 0.391. The number of carbonyl (C=O) groups excluding carboxylic acids is 2. The molecule has 1 amide bonds. The molecular formula is C23H24FNO4. The number of amides is 1. The van der Waals surface area contributed by atoms with Crippen LogP contribution in [-0.2, 0) is 16.6 Å². The van der Waals surface area contributed by atoms with E-state index in [-0.39, 0.29) is 35.2 Å². The fourth-order valence-corrected chi connectivity index (χ4v) is 3.52. The molecule has 2 heterocycles. The zero-order valence-electron chi connectivity index (χ0n) is 16.8. The van der Waals surface area contributed by atoms with E-state index < -0.39 is 17.4 Å². The van der Waals surface area contributed by atoms with E-state index in [0.717, 1.165) is 18.4 Å². The summed E-state index contributed by atoms with van der Waals surface area (Å²) in [7, 11) is 0. The summed E-state index contributed by atoms with van der Waals surface area (Å²) in [6.45, 7) is 6.04. The van der Waals surface area contributed by atoms with Gasteiger partial charge < -0.3 is 14.4 Å². The molecule has 2 aliphatic rings. The van der Waals surface area contributed by atoms with E-state index in [4.69, 9.17) is 4.42 Å². The van der Waals surface area contributed by atoms with E-state index in [1.807, 2.05) is 26.8 Å². The lowest BCUT2D eigenvalue weighted by Gasteiger charge is -2.14. The Balaban J connectivity index is 1.69. The van der Waals surface area contributed by atoms with Gasteiger partial charge in [0.05, 0.1) is 12.1 Å². The van der Waals surface area contributed by atoms with Crippen molar-refractivity contribution in [3.63, 3.8) is 0 Å². The SMILES string of the molecule is CC(C)(C)c1cc(Cc2ccc(F)cc2)c(C(=O)C2=C(O)C(=O)N(C3CC3)C2)o1. The van der Waals surface area contributed by atoms with E-state index >= 15 is 0 Å². The van der Waals surface area contributed by atoms with Crippen molar-refractivity contribution in [3.05, 3.63) is 70.1 Å². The summed E-state index contributed by atoms with van der Waals surface area (Å²) in [6, 6.07) is 8.02. The second-order valence-corrected chi connectivity index (χ2v) is 8.84. The maximum absolute atomic E-state index is 13.2. The molecule has 0 bridgehead atoms. The molecule has 152 valence electrons. The molecular weight excluding hydrogens is 373 g/mol. The average Bonchev–Trinajstić information content (AvgIpc) is 3.34. The van der Waals surface area contributed by atoms with E-state index in [9.17, 15) is 19.1 Å². The Morgan fingerprint density at radius 3 is 2.48 bits per heavy atom. The van der Waals surface area contributed by atoms with Crippen molar-refractivity contribution in [1.82, 2.24) is 4.90 Å². The molecule has 0 atom stereocenters. The van der Waals surface area contributed by atoms with Gasteiger partial charge in [-0.15, -0.1) is 0 Å². The Kier molecular flexibility index (Phi) is 4.60. The maximum atomic E-state index is 13.2. The van der Waals surface area contributed by atoms with Crippen LogP contribution in [0.4, 0.5) is 4.39 Å². The first-order valence-corrected chi connectivity index (χ1v) is 9.80. The molecule has 1 saturated carbocycles. The second-order valence-electron chi connectivity index (χ2n) is 8.84. The van der Waals surface area contributed by atoms with Gasteiger partial charge in [0.1, 0.15) is 11.6 Å². The van der Waals surface area contributed by atoms with Crippen LogP contribution in [0.1, 0.15) is 61.1 Å². The predicted molar refractivity (Wildman–Crippen MR) is 105 cm³/mol. The van der Waals surface area contributed by atoms with Crippen LogP contribution in [0.25, 0.3) is 0 Å². The van der Waals surface area contributed by atoms with Crippen LogP contribution in [0.5, 0.6) is 0 Å². The van der Waals surface area contributed by atoms with Crippen LogP contribution in [0.3, 0.4) is 0 Å². The van der Waals surface area contributed by atoms with Gasteiger partial charge in [-0.1, -0.05) is 32.9 Å². The number of carbonyl (C=O) groups is 2. The molecule has 4 rings (SSSR count). The van der Waals surface area contributed by atoms with Crippen molar-refractivity contribution in [2.75, 3.05) is 6.54 Å². The summed E-state index contributed by atoms with van der Waals surface area (Å²) in [5.74, 6) is -0.992. The van der Waals surface area contributed by atoms with Crippen LogP contribution in [0, 0.1) is 5.82 Å². The number of nitrogens with zero attached hydrogens (tertiary/aromatic N) is 1. The zero-order chi connectivity index (χ0) is 20.9. The first kappa shape index (κ1) is 19.4. The van der Waals surface area contributed by atoms with E-state index in [1.165, 1.54) is 12.1 Å². The van der Waals surface area contributed by atoms with Crippen LogP contribution >= 0.6 is 0 Å². The molecule has 1 fully saturated rings. The van der Waals surface area contributed by atoms with Gasteiger partial charge in [-0.3, -0.25) is 9.59 Å². The van der Waals surface area contributed by atoms with Crippen molar-refractivity contribution in [3.8, 4) is 0 Å². The molecule has 0 unspecified atom stereocenters.